The van der Waals surface area contributed by atoms with E-state index in [1.165, 1.54) is 18.4 Å². The fourth-order valence-electron chi connectivity index (χ4n) is 2.56. The number of carbonyl (C=O) groups excluding carboxylic acids is 1. The van der Waals surface area contributed by atoms with Gasteiger partial charge in [0.1, 0.15) is 0 Å². The molecular formula is C15H20N2O. The summed E-state index contributed by atoms with van der Waals surface area (Å²) < 4.78 is 0. The Hall–Kier alpha value is -1.35. The second-order valence-corrected chi connectivity index (χ2v) is 5.34. The van der Waals surface area contributed by atoms with Gasteiger partial charge in [-0.05, 0) is 31.2 Å². The van der Waals surface area contributed by atoms with Gasteiger partial charge in [0.25, 0.3) is 0 Å². The van der Waals surface area contributed by atoms with Gasteiger partial charge >= 0.3 is 0 Å². The first-order valence-corrected chi connectivity index (χ1v) is 6.92. The third-order valence-electron chi connectivity index (χ3n) is 3.82. The van der Waals surface area contributed by atoms with Crippen LogP contribution >= 0.6 is 0 Å². The summed E-state index contributed by atoms with van der Waals surface area (Å²) in [5.74, 6) is 0.304. The van der Waals surface area contributed by atoms with Crippen molar-refractivity contribution in [2.45, 2.75) is 37.8 Å². The normalized spacial score (nSPS) is 23.7. The van der Waals surface area contributed by atoms with Crippen LogP contribution in [0.4, 0.5) is 0 Å². The molecule has 1 saturated carbocycles. The van der Waals surface area contributed by atoms with Crippen molar-refractivity contribution < 1.29 is 4.79 Å². The molecule has 0 radical (unpaired) electrons. The first-order valence-electron chi connectivity index (χ1n) is 6.92. The summed E-state index contributed by atoms with van der Waals surface area (Å²) in [6.07, 6.45) is 4.43. The largest absolute Gasteiger partial charge is 0.341 e. The standard InChI is InChI=1S/C15H20N2O/c18-15-14(16-13-6-7-13)9-11-17(15)10-8-12-4-2-1-3-5-12/h1-5,13-14,16H,6-11H2. The Morgan fingerprint density at radius 3 is 2.67 bits per heavy atom. The lowest BCUT2D eigenvalue weighted by Crippen LogP contribution is -2.39. The molecule has 1 N–H and O–H groups in total. The first-order chi connectivity index (χ1) is 8.83. The molecule has 0 aromatic heterocycles. The van der Waals surface area contributed by atoms with Gasteiger partial charge in [-0.15, -0.1) is 0 Å². The van der Waals surface area contributed by atoms with Crippen molar-refractivity contribution in [2.24, 2.45) is 0 Å². The number of rotatable bonds is 5. The predicted octanol–water partition coefficient (Wildman–Crippen LogP) is 1.58. The van der Waals surface area contributed by atoms with Crippen LogP contribution in [-0.4, -0.2) is 36.0 Å². The van der Waals surface area contributed by atoms with Crippen LogP contribution in [0, 0.1) is 0 Å². The third-order valence-corrected chi connectivity index (χ3v) is 3.82. The second-order valence-electron chi connectivity index (χ2n) is 5.34. The van der Waals surface area contributed by atoms with Crippen LogP contribution in [0.2, 0.25) is 0 Å². The Morgan fingerprint density at radius 1 is 1.17 bits per heavy atom. The Bertz CT molecular complexity index is 414. The zero-order valence-electron chi connectivity index (χ0n) is 10.6. The summed E-state index contributed by atoms with van der Waals surface area (Å²) in [6.45, 7) is 1.77. The van der Waals surface area contributed by atoms with E-state index < -0.39 is 0 Å². The number of amides is 1. The molecule has 96 valence electrons. The molecule has 1 aromatic carbocycles. The van der Waals surface area contributed by atoms with Crippen molar-refractivity contribution in [2.75, 3.05) is 13.1 Å². The highest BCUT2D eigenvalue weighted by Gasteiger charge is 2.35. The molecule has 2 aliphatic rings. The Labute approximate surface area is 108 Å². The van der Waals surface area contributed by atoms with Crippen LogP contribution in [0.5, 0.6) is 0 Å². The lowest BCUT2D eigenvalue weighted by Gasteiger charge is -2.17. The van der Waals surface area contributed by atoms with Crippen molar-refractivity contribution in [3.63, 3.8) is 0 Å². The lowest BCUT2D eigenvalue weighted by molar-refractivity contribution is -0.129. The molecule has 1 aliphatic heterocycles. The van der Waals surface area contributed by atoms with Crippen LogP contribution in [-0.2, 0) is 11.2 Å². The van der Waals surface area contributed by atoms with Gasteiger partial charge in [0.2, 0.25) is 5.91 Å². The number of hydrogen-bond donors (Lipinski definition) is 1. The topological polar surface area (TPSA) is 32.3 Å². The molecule has 3 nitrogen and oxygen atoms in total. The van der Waals surface area contributed by atoms with Gasteiger partial charge in [0.15, 0.2) is 0 Å². The maximum absolute atomic E-state index is 12.2. The molecule has 3 rings (SSSR count). The Morgan fingerprint density at radius 2 is 1.94 bits per heavy atom. The molecule has 1 atom stereocenters. The molecule has 1 unspecified atom stereocenters. The van der Waals surface area contributed by atoms with Gasteiger partial charge in [-0.25, -0.2) is 0 Å². The van der Waals surface area contributed by atoms with Crippen molar-refractivity contribution >= 4 is 5.91 Å². The third kappa shape index (κ3) is 2.72. The average molecular weight is 244 g/mol. The molecule has 0 bridgehead atoms. The summed E-state index contributed by atoms with van der Waals surface area (Å²) in [7, 11) is 0. The van der Waals surface area contributed by atoms with E-state index in [2.05, 4.69) is 29.6 Å². The van der Waals surface area contributed by atoms with E-state index in [1.807, 2.05) is 11.0 Å². The van der Waals surface area contributed by atoms with E-state index in [4.69, 9.17) is 0 Å². The van der Waals surface area contributed by atoms with E-state index in [-0.39, 0.29) is 6.04 Å². The lowest BCUT2D eigenvalue weighted by atomic mass is 10.1. The van der Waals surface area contributed by atoms with Gasteiger partial charge in [-0.2, -0.15) is 0 Å². The fourth-order valence-corrected chi connectivity index (χ4v) is 2.56. The molecule has 1 aliphatic carbocycles. The molecule has 1 saturated heterocycles. The SMILES string of the molecule is O=C1C(NC2CC2)CCN1CCc1ccccc1. The smallest absolute Gasteiger partial charge is 0.239 e. The first kappa shape index (κ1) is 11.7. The number of hydrogen-bond acceptors (Lipinski definition) is 2. The number of likely N-dealkylation sites (tertiary alicyclic amines) is 1. The summed E-state index contributed by atoms with van der Waals surface area (Å²) in [5.41, 5.74) is 1.31. The molecule has 0 spiro atoms. The van der Waals surface area contributed by atoms with E-state index >= 15 is 0 Å². The van der Waals surface area contributed by atoms with Crippen molar-refractivity contribution in [3.05, 3.63) is 35.9 Å². The molecule has 3 heteroatoms. The van der Waals surface area contributed by atoms with Gasteiger partial charge in [0, 0.05) is 19.1 Å². The molecule has 2 fully saturated rings. The van der Waals surface area contributed by atoms with Crippen LogP contribution in [0.3, 0.4) is 0 Å². The van der Waals surface area contributed by atoms with Crippen LogP contribution in [0.1, 0.15) is 24.8 Å². The zero-order valence-corrected chi connectivity index (χ0v) is 10.6. The van der Waals surface area contributed by atoms with E-state index in [0.717, 1.165) is 25.9 Å². The quantitative estimate of drug-likeness (QED) is 0.853. The van der Waals surface area contributed by atoms with E-state index in [1.54, 1.807) is 0 Å². The number of benzene rings is 1. The maximum Gasteiger partial charge on any atom is 0.239 e. The summed E-state index contributed by atoms with van der Waals surface area (Å²) in [5, 5.41) is 3.44. The molecular weight excluding hydrogens is 224 g/mol. The van der Waals surface area contributed by atoms with Gasteiger partial charge < -0.3 is 10.2 Å². The minimum absolute atomic E-state index is 0.0910. The summed E-state index contributed by atoms with van der Waals surface area (Å²) >= 11 is 0. The number of nitrogens with one attached hydrogen (secondary N) is 1. The van der Waals surface area contributed by atoms with Gasteiger partial charge in [-0.3, -0.25) is 4.79 Å². The second kappa shape index (κ2) is 5.11. The number of nitrogens with zero attached hydrogens (tertiary/aromatic N) is 1. The zero-order chi connectivity index (χ0) is 12.4. The van der Waals surface area contributed by atoms with Gasteiger partial charge in [0.05, 0.1) is 6.04 Å². The van der Waals surface area contributed by atoms with Crippen molar-refractivity contribution in [1.29, 1.82) is 0 Å². The molecule has 1 heterocycles. The molecule has 18 heavy (non-hydrogen) atoms. The Kier molecular flexibility index (Phi) is 3.33. The summed E-state index contributed by atoms with van der Waals surface area (Å²) in [4.78, 5) is 14.2. The number of carbonyl (C=O) groups is 1. The van der Waals surface area contributed by atoms with Crippen LogP contribution in [0.25, 0.3) is 0 Å². The highest BCUT2D eigenvalue weighted by atomic mass is 16.2. The maximum atomic E-state index is 12.2. The Balaban J connectivity index is 1.50. The molecule has 1 aromatic rings. The van der Waals surface area contributed by atoms with Crippen molar-refractivity contribution in [3.8, 4) is 0 Å². The van der Waals surface area contributed by atoms with Crippen LogP contribution < -0.4 is 5.32 Å². The minimum atomic E-state index is 0.0910. The van der Waals surface area contributed by atoms with E-state index in [9.17, 15) is 4.79 Å². The van der Waals surface area contributed by atoms with Gasteiger partial charge in [-0.1, -0.05) is 30.3 Å². The van der Waals surface area contributed by atoms with E-state index in [0.29, 0.717) is 11.9 Å². The summed E-state index contributed by atoms with van der Waals surface area (Å²) in [6, 6.07) is 11.1. The highest BCUT2D eigenvalue weighted by Crippen LogP contribution is 2.22. The molecule has 1 amide bonds. The van der Waals surface area contributed by atoms with Crippen molar-refractivity contribution in [1.82, 2.24) is 10.2 Å². The van der Waals surface area contributed by atoms with Crippen LogP contribution in [0.15, 0.2) is 30.3 Å². The average Bonchev–Trinajstić information content (AvgIpc) is 3.15. The predicted molar refractivity (Wildman–Crippen MR) is 71.3 cm³/mol. The fraction of sp³-hybridized carbons (Fsp3) is 0.533. The minimum Gasteiger partial charge on any atom is -0.341 e. The monoisotopic (exact) mass is 244 g/mol. The highest BCUT2D eigenvalue weighted by molar-refractivity contribution is 5.84.